The summed E-state index contributed by atoms with van der Waals surface area (Å²) in [5, 5.41) is 1.65. The summed E-state index contributed by atoms with van der Waals surface area (Å²) in [5.74, 6) is 0. The van der Waals surface area contributed by atoms with E-state index in [0.29, 0.717) is 0 Å². The molecule has 362 valence electrons. The zero-order valence-corrected chi connectivity index (χ0v) is 42.9. The van der Waals surface area contributed by atoms with Crippen molar-refractivity contribution in [2.45, 2.75) is 67.4 Å². The molecule has 0 unspecified atom stereocenters. The molecule has 17 heteroatoms. The summed E-state index contributed by atoms with van der Waals surface area (Å²) in [4.78, 5) is 0.285. The highest BCUT2D eigenvalue weighted by Crippen LogP contribution is 2.37. The highest BCUT2D eigenvalue weighted by Gasteiger charge is 2.50. The van der Waals surface area contributed by atoms with Gasteiger partial charge in [-0.25, -0.2) is 25.3 Å². The molecule has 0 aliphatic carbocycles. The van der Waals surface area contributed by atoms with E-state index in [1.807, 2.05) is 57.2 Å². The highest BCUT2D eigenvalue weighted by molar-refractivity contribution is 7.89. The Morgan fingerprint density at radius 2 is 0.821 bits per heavy atom. The van der Waals surface area contributed by atoms with Crippen LogP contribution in [0.25, 0.3) is 0 Å². The van der Waals surface area contributed by atoms with Crippen LogP contribution < -0.4 is 10.4 Å². The number of ether oxygens (including phenoxy) is 3. The molecule has 1 atom stereocenters. The van der Waals surface area contributed by atoms with Crippen molar-refractivity contribution in [3.63, 3.8) is 0 Å². The fraction of sp³-hybridized carbons (Fsp3) is 0.400. The molecule has 1 saturated heterocycles. The third-order valence-corrected chi connectivity index (χ3v) is 22.6. The number of aryl methyl sites for hydroxylation is 3. The van der Waals surface area contributed by atoms with E-state index in [1.54, 1.807) is 72.8 Å². The first kappa shape index (κ1) is 52.3. The molecule has 13 nitrogen and oxygen atoms in total. The van der Waals surface area contributed by atoms with Crippen LogP contribution in [0.15, 0.2) is 148 Å². The lowest BCUT2D eigenvalue weighted by molar-refractivity contribution is -0.000772. The Morgan fingerprint density at radius 1 is 0.493 bits per heavy atom. The maximum absolute atomic E-state index is 14.7. The first-order valence-corrected chi connectivity index (χ1v) is 28.8. The molecule has 0 amide bonds. The van der Waals surface area contributed by atoms with Crippen molar-refractivity contribution < 1.29 is 43.9 Å². The zero-order chi connectivity index (χ0) is 48.3. The molecule has 0 radical (unpaired) electrons. The van der Waals surface area contributed by atoms with Gasteiger partial charge < -0.3 is 18.6 Å². The second-order valence-corrected chi connectivity index (χ2v) is 27.9. The van der Waals surface area contributed by atoms with Crippen molar-refractivity contribution in [1.29, 1.82) is 0 Å². The van der Waals surface area contributed by atoms with Crippen molar-refractivity contribution in [2.75, 3.05) is 78.9 Å². The zero-order valence-electron chi connectivity index (χ0n) is 39.4. The lowest BCUT2D eigenvalue weighted by Gasteiger charge is -2.44. The van der Waals surface area contributed by atoms with Gasteiger partial charge in [0.2, 0.25) is 30.1 Å². The van der Waals surface area contributed by atoms with Crippen LogP contribution in [0.4, 0.5) is 0 Å². The molecule has 5 aromatic carbocycles. The lowest BCUT2D eigenvalue weighted by atomic mass is 10.2. The van der Waals surface area contributed by atoms with Crippen LogP contribution in [0.2, 0.25) is 5.04 Å². The van der Waals surface area contributed by atoms with Gasteiger partial charge >= 0.3 is 0 Å². The quantitative estimate of drug-likeness (QED) is 0.145. The van der Waals surface area contributed by atoms with E-state index in [4.69, 9.17) is 18.6 Å². The minimum Gasteiger partial charge on any atom is -0.405 e. The summed E-state index contributed by atoms with van der Waals surface area (Å²) < 4.78 is 116. The van der Waals surface area contributed by atoms with E-state index in [2.05, 4.69) is 45.0 Å². The van der Waals surface area contributed by atoms with Crippen LogP contribution in [-0.4, -0.2) is 132 Å². The Kier molecular flexibility index (Phi) is 17.9. The summed E-state index contributed by atoms with van der Waals surface area (Å²) in [6.45, 7) is 11.3. The Hall–Kier alpha value is -4.11. The Balaban J connectivity index is 1.39. The number of hydrogen-bond acceptors (Lipinski definition) is 10. The monoisotopic (exact) mass is 991 g/mol. The second-order valence-electron chi connectivity index (χ2n) is 17.8. The standard InChI is InChI=1S/C50H65N3O10S3Si/c1-41-17-23-45(24-18-41)64(54,55)51-29-34-60-36-31-52(65(56,57)46-25-19-42(2)20-26-46)33-38-62-44(39-53(32-37-61-35-30-51)66(58,59)47-27-21-43(3)22-28-47)40-63-67(50(4,5)6,48-13-9-7-10-14-48)49-15-11-8-12-16-49/h7-28,44H,29-40H2,1-6H3/t44-/m0/s1. The number of nitrogens with zero attached hydrogens (tertiary/aromatic N) is 3. The molecule has 1 aliphatic heterocycles. The first-order chi connectivity index (χ1) is 31.9. The van der Waals surface area contributed by atoms with Gasteiger partial charge in [-0.2, -0.15) is 12.9 Å². The largest absolute Gasteiger partial charge is 0.405 e. The van der Waals surface area contributed by atoms with Gasteiger partial charge in [0.25, 0.3) is 8.32 Å². The molecule has 0 saturated carbocycles. The van der Waals surface area contributed by atoms with Gasteiger partial charge in [-0.1, -0.05) is 135 Å². The van der Waals surface area contributed by atoms with Gasteiger partial charge in [0, 0.05) is 39.3 Å². The summed E-state index contributed by atoms with van der Waals surface area (Å²) >= 11 is 0. The smallest absolute Gasteiger partial charge is 0.261 e. The van der Waals surface area contributed by atoms with Gasteiger partial charge in [0.15, 0.2) is 0 Å². The van der Waals surface area contributed by atoms with Crippen molar-refractivity contribution in [1.82, 2.24) is 12.9 Å². The van der Waals surface area contributed by atoms with Crippen molar-refractivity contribution in [2.24, 2.45) is 0 Å². The Bertz CT molecular complexity index is 2630. The van der Waals surface area contributed by atoms with Gasteiger partial charge in [0.05, 0.1) is 60.4 Å². The molecule has 6 rings (SSSR count). The van der Waals surface area contributed by atoms with Gasteiger partial charge in [-0.05, 0) is 72.6 Å². The highest BCUT2D eigenvalue weighted by atomic mass is 32.2. The number of benzene rings is 5. The molecule has 0 bridgehead atoms. The van der Waals surface area contributed by atoms with Crippen LogP contribution in [0.5, 0.6) is 0 Å². The van der Waals surface area contributed by atoms with Gasteiger partial charge in [0.1, 0.15) is 0 Å². The molecule has 1 fully saturated rings. The maximum Gasteiger partial charge on any atom is 0.261 e. The Morgan fingerprint density at radius 3 is 1.18 bits per heavy atom. The normalized spacial score (nSPS) is 18.2. The second kappa shape index (κ2) is 23.0. The number of sulfonamides is 3. The van der Waals surface area contributed by atoms with Gasteiger partial charge in [-0.15, -0.1) is 0 Å². The van der Waals surface area contributed by atoms with E-state index >= 15 is 0 Å². The minimum absolute atomic E-state index is 0.0236. The van der Waals surface area contributed by atoms with E-state index in [9.17, 15) is 25.3 Å². The van der Waals surface area contributed by atoms with Crippen molar-refractivity contribution >= 4 is 48.8 Å². The fourth-order valence-electron chi connectivity index (χ4n) is 8.14. The van der Waals surface area contributed by atoms with Crippen molar-refractivity contribution in [3.8, 4) is 0 Å². The van der Waals surface area contributed by atoms with Crippen molar-refractivity contribution in [3.05, 3.63) is 150 Å². The average molecular weight is 992 g/mol. The summed E-state index contributed by atoms with van der Waals surface area (Å²) in [6.07, 6.45) is -0.893. The van der Waals surface area contributed by atoms with E-state index in [0.717, 1.165) is 27.1 Å². The SMILES string of the molecule is Cc1ccc(S(=O)(=O)N2CCOCCN(S(=O)(=O)c3ccc(C)cc3)CCO[C@H](CO[Si](c3ccccc3)(c3ccccc3)C(C)(C)C)CN(S(=O)(=O)c3ccc(C)cc3)CCOCC2)cc1. The number of rotatable bonds is 11. The molecule has 0 aromatic heterocycles. The number of hydrogen-bond donors (Lipinski definition) is 0. The van der Waals surface area contributed by atoms with E-state index in [-0.39, 0.29) is 93.6 Å². The summed E-state index contributed by atoms with van der Waals surface area (Å²) in [7, 11) is -15.4. The van der Waals surface area contributed by atoms with E-state index in [1.165, 1.54) is 12.9 Å². The third-order valence-electron chi connectivity index (χ3n) is 11.9. The van der Waals surface area contributed by atoms with Crippen LogP contribution in [0.1, 0.15) is 37.5 Å². The fourth-order valence-corrected chi connectivity index (χ4v) is 17.0. The molecular weight excluding hydrogens is 927 g/mol. The summed E-state index contributed by atoms with van der Waals surface area (Å²) in [5.41, 5.74) is 2.69. The van der Waals surface area contributed by atoms with Crippen LogP contribution >= 0.6 is 0 Å². The van der Waals surface area contributed by atoms with E-state index < -0.39 is 49.5 Å². The minimum atomic E-state index is -4.17. The van der Waals surface area contributed by atoms with Gasteiger partial charge in [-0.3, -0.25) is 0 Å². The van der Waals surface area contributed by atoms with Crippen LogP contribution in [0, 0.1) is 20.8 Å². The molecule has 0 spiro atoms. The molecule has 67 heavy (non-hydrogen) atoms. The third kappa shape index (κ3) is 13.0. The van der Waals surface area contributed by atoms with Crippen LogP contribution in [-0.2, 0) is 48.7 Å². The molecule has 0 N–H and O–H groups in total. The Labute approximate surface area is 399 Å². The molecule has 5 aromatic rings. The van der Waals surface area contributed by atoms with Crippen LogP contribution in [0.3, 0.4) is 0 Å². The predicted octanol–water partition coefficient (Wildman–Crippen LogP) is 5.99. The molecule has 1 heterocycles. The first-order valence-electron chi connectivity index (χ1n) is 22.6. The topological polar surface area (TPSA) is 149 Å². The summed E-state index contributed by atoms with van der Waals surface area (Å²) in [6, 6.07) is 39.9. The maximum atomic E-state index is 14.7. The average Bonchev–Trinajstić information content (AvgIpc) is 3.30. The lowest BCUT2D eigenvalue weighted by Crippen LogP contribution is -2.67. The molecule has 1 aliphatic rings. The predicted molar refractivity (Wildman–Crippen MR) is 265 cm³/mol. The molecular formula is C50H65N3O10S3Si.